The molecule has 108 valence electrons. The summed E-state index contributed by atoms with van der Waals surface area (Å²) in [6.45, 7) is 0. The second-order valence-corrected chi connectivity index (χ2v) is 6.72. The summed E-state index contributed by atoms with van der Waals surface area (Å²) < 4.78 is 5.81. The Hall–Kier alpha value is -1.06. The van der Waals surface area contributed by atoms with Gasteiger partial charge in [-0.15, -0.1) is 0 Å². The van der Waals surface area contributed by atoms with Gasteiger partial charge in [0, 0.05) is 6.04 Å². The summed E-state index contributed by atoms with van der Waals surface area (Å²) in [6.07, 6.45) is 8.50. The number of hydrazine groups is 1. The number of benzene rings is 1. The Kier molecular flexibility index (Phi) is 3.20. The van der Waals surface area contributed by atoms with Crippen LogP contribution in [-0.2, 0) is 0 Å². The van der Waals surface area contributed by atoms with E-state index in [2.05, 4.69) is 29.7 Å². The molecule has 3 aliphatic carbocycles. The molecule has 0 heterocycles. The SMILES string of the molecule is NNC(c1ccc(OC2CC2)cc1)C1C2CCCCC21. The topological polar surface area (TPSA) is 47.3 Å². The van der Waals surface area contributed by atoms with Crippen molar-refractivity contribution in [3.05, 3.63) is 29.8 Å². The van der Waals surface area contributed by atoms with Crippen molar-refractivity contribution in [2.75, 3.05) is 0 Å². The average Bonchev–Trinajstić information content (AvgIpc) is 3.39. The fraction of sp³-hybridized carbons (Fsp3) is 0.647. The third kappa shape index (κ3) is 2.33. The summed E-state index contributed by atoms with van der Waals surface area (Å²) in [6, 6.07) is 8.89. The number of ether oxygens (including phenoxy) is 1. The van der Waals surface area contributed by atoms with Crippen LogP contribution in [0, 0.1) is 17.8 Å². The minimum atomic E-state index is 0.318. The highest BCUT2D eigenvalue weighted by Crippen LogP contribution is 2.60. The zero-order valence-electron chi connectivity index (χ0n) is 11.9. The van der Waals surface area contributed by atoms with Crippen LogP contribution in [0.3, 0.4) is 0 Å². The first-order chi connectivity index (χ1) is 9.86. The van der Waals surface area contributed by atoms with E-state index in [0.717, 1.165) is 23.5 Å². The first-order valence-corrected chi connectivity index (χ1v) is 8.09. The van der Waals surface area contributed by atoms with E-state index in [4.69, 9.17) is 10.6 Å². The van der Waals surface area contributed by atoms with Crippen LogP contribution in [0.4, 0.5) is 0 Å². The minimum absolute atomic E-state index is 0.318. The van der Waals surface area contributed by atoms with Crippen molar-refractivity contribution in [1.82, 2.24) is 5.43 Å². The van der Waals surface area contributed by atoms with E-state index in [1.165, 1.54) is 44.1 Å². The van der Waals surface area contributed by atoms with Gasteiger partial charge in [-0.2, -0.15) is 0 Å². The molecule has 3 heteroatoms. The fourth-order valence-electron chi connectivity index (χ4n) is 4.10. The quantitative estimate of drug-likeness (QED) is 0.639. The lowest BCUT2D eigenvalue weighted by Crippen LogP contribution is -2.30. The van der Waals surface area contributed by atoms with E-state index in [9.17, 15) is 0 Å². The Morgan fingerprint density at radius 3 is 2.20 bits per heavy atom. The Balaban J connectivity index is 1.46. The molecule has 3 N–H and O–H groups in total. The summed E-state index contributed by atoms with van der Waals surface area (Å²) in [4.78, 5) is 0. The van der Waals surface area contributed by atoms with E-state index in [-0.39, 0.29) is 0 Å². The van der Waals surface area contributed by atoms with Gasteiger partial charge in [0.1, 0.15) is 5.75 Å². The van der Waals surface area contributed by atoms with Crippen LogP contribution >= 0.6 is 0 Å². The van der Waals surface area contributed by atoms with Crippen LogP contribution in [0.25, 0.3) is 0 Å². The number of nitrogens with two attached hydrogens (primary N) is 1. The average molecular weight is 272 g/mol. The first kappa shape index (κ1) is 12.7. The van der Waals surface area contributed by atoms with Crippen LogP contribution in [0.2, 0.25) is 0 Å². The zero-order valence-corrected chi connectivity index (χ0v) is 11.9. The molecule has 0 radical (unpaired) electrons. The Morgan fingerprint density at radius 1 is 1.00 bits per heavy atom. The number of fused-ring (bicyclic) bond motifs is 1. The van der Waals surface area contributed by atoms with Crippen LogP contribution in [-0.4, -0.2) is 6.10 Å². The standard InChI is InChI=1S/C17H24N2O/c18-19-17(16-14-3-1-2-4-15(14)16)11-5-7-12(8-6-11)20-13-9-10-13/h5-8,13-17,19H,1-4,9-10,18H2. The predicted molar refractivity (Wildman–Crippen MR) is 79.1 cm³/mol. The van der Waals surface area contributed by atoms with Crippen molar-refractivity contribution in [3.63, 3.8) is 0 Å². The van der Waals surface area contributed by atoms with Gasteiger partial charge in [-0.05, 0) is 61.1 Å². The highest BCUT2D eigenvalue weighted by atomic mass is 16.5. The lowest BCUT2D eigenvalue weighted by Gasteiger charge is -2.17. The molecule has 1 aromatic rings. The van der Waals surface area contributed by atoms with Crippen molar-refractivity contribution in [1.29, 1.82) is 0 Å². The van der Waals surface area contributed by atoms with E-state index in [1.807, 2.05) is 0 Å². The summed E-state index contributed by atoms with van der Waals surface area (Å²) in [5, 5.41) is 0. The predicted octanol–water partition coefficient (Wildman–Crippen LogP) is 3.17. The van der Waals surface area contributed by atoms with Gasteiger partial charge in [0.15, 0.2) is 0 Å². The molecule has 0 amide bonds. The maximum absolute atomic E-state index is 5.85. The van der Waals surface area contributed by atoms with E-state index >= 15 is 0 Å². The molecule has 0 bridgehead atoms. The van der Waals surface area contributed by atoms with Gasteiger partial charge in [-0.25, -0.2) is 0 Å². The number of rotatable bonds is 5. The molecule has 3 nitrogen and oxygen atoms in total. The summed E-state index contributed by atoms with van der Waals surface area (Å²) in [5.74, 6) is 9.41. The number of nitrogens with one attached hydrogen (secondary N) is 1. The summed E-state index contributed by atoms with van der Waals surface area (Å²) >= 11 is 0. The molecule has 0 saturated heterocycles. The van der Waals surface area contributed by atoms with Gasteiger partial charge in [0.25, 0.3) is 0 Å². The minimum Gasteiger partial charge on any atom is -0.490 e. The third-order valence-electron chi connectivity index (χ3n) is 5.35. The van der Waals surface area contributed by atoms with Gasteiger partial charge in [0.05, 0.1) is 6.10 Å². The Labute approximate surface area is 120 Å². The normalized spacial score (nSPS) is 33.4. The molecular weight excluding hydrogens is 248 g/mol. The lowest BCUT2D eigenvalue weighted by molar-refractivity contribution is 0.303. The second kappa shape index (κ2) is 5.05. The molecule has 1 aromatic carbocycles. The van der Waals surface area contributed by atoms with Crippen LogP contribution in [0.1, 0.15) is 50.1 Å². The van der Waals surface area contributed by atoms with Crippen molar-refractivity contribution in [2.45, 2.75) is 50.7 Å². The van der Waals surface area contributed by atoms with Crippen LogP contribution < -0.4 is 16.0 Å². The van der Waals surface area contributed by atoms with Gasteiger partial charge in [-0.3, -0.25) is 11.3 Å². The van der Waals surface area contributed by atoms with Crippen LogP contribution in [0.5, 0.6) is 5.75 Å². The Bertz CT molecular complexity index is 456. The van der Waals surface area contributed by atoms with Gasteiger partial charge >= 0.3 is 0 Å². The van der Waals surface area contributed by atoms with Gasteiger partial charge in [0.2, 0.25) is 0 Å². The molecule has 0 spiro atoms. The maximum Gasteiger partial charge on any atom is 0.119 e. The second-order valence-electron chi connectivity index (χ2n) is 6.72. The van der Waals surface area contributed by atoms with E-state index in [0.29, 0.717) is 12.1 Å². The van der Waals surface area contributed by atoms with E-state index in [1.54, 1.807) is 0 Å². The Morgan fingerprint density at radius 2 is 1.65 bits per heavy atom. The molecule has 0 aliphatic heterocycles. The molecule has 3 aliphatic rings. The first-order valence-electron chi connectivity index (χ1n) is 8.09. The van der Waals surface area contributed by atoms with Gasteiger partial charge in [-0.1, -0.05) is 25.0 Å². The largest absolute Gasteiger partial charge is 0.490 e. The summed E-state index contributed by atoms with van der Waals surface area (Å²) in [5.41, 5.74) is 4.38. The van der Waals surface area contributed by atoms with Crippen molar-refractivity contribution >= 4 is 0 Å². The summed E-state index contributed by atoms with van der Waals surface area (Å²) in [7, 11) is 0. The highest BCUT2D eigenvalue weighted by molar-refractivity contribution is 5.31. The molecule has 20 heavy (non-hydrogen) atoms. The molecule has 3 saturated carbocycles. The zero-order chi connectivity index (χ0) is 13.5. The van der Waals surface area contributed by atoms with Crippen molar-refractivity contribution in [3.8, 4) is 5.75 Å². The molecule has 3 fully saturated rings. The van der Waals surface area contributed by atoms with Crippen LogP contribution in [0.15, 0.2) is 24.3 Å². The monoisotopic (exact) mass is 272 g/mol. The van der Waals surface area contributed by atoms with E-state index < -0.39 is 0 Å². The molecular formula is C17H24N2O. The lowest BCUT2D eigenvalue weighted by atomic mass is 10.0. The number of hydrogen-bond donors (Lipinski definition) is 2. The third-order valence-corrected chi connectivity index (χ3v) is 5.35. The molecule has 0 aromatic heterocycles. The van der Waals surface area contributed by atoms with Crippen molar-refractivity contribution in [2.24, 2.45) is 23.6 Å². The van der Waals surface area contributed by atoms with Crippen molar-refractivity contribution < 1.29 is 4.74 Å². The maximum atomic E-state index is 5.85. The smallest absolute Gasteiger partial charge is 0.119 e. The highest BCUT2D eigenvalue weighted by Gasteiger charge is 2.54. The fourth-order valence-corrected chi connectivity index (χ4v) is 4.10. The molecule has 3 atom stereocenters. The molecule has 3 unspecified atom stereocenters. The number of hydrogen-bond acceptors (Lipinski definition) is 3. The molecule has 4 rings (SSSR count). The van der Waals surface area contributed by atoms with Gasteiger partial charge < -0.3 is 4.74 Å².